The quantitative estimate of drug-likeness (QED) is 0.713. The van der Waals surface area contributed by atoms with Gasteiger partial charge in [0, 0.05) is 31.5 Å². The first-order valence-corrected chi connectivity index (χ1v) is 9.51. The Bertz CT molecular complexity index is 422. The van der Waals surface area contributed by atoms with Gasteiger partial charge in [0.25, 0.3) is 0 Å². The fourth-order valence-electron chi connectivity index (χ4n) is 4.07. The summed E-state index contributed by atoms with van der Waals surface area (Å²) in [6.07, 6.45) is 8.20. The van der Waals surface area contributed by atoms with Crippen molar-refractivity contribution in [1.82, 2.24) is 10.2 Å². The van der Waals surface area contributed by atoms with E-state index in [4.69, 9.17) is 0 Å². The number of carbonyl (C=O) groups is 2. The lowest BCUT2D eigenvalue weighted by molar-refractivity contribution is -0.133. The van der Waals surface area contributed by atoms with Crippen LogP contribution in [0.2, 0.25) is 0 Å². The second kappa shape index (κ2) is 7.85. The van der Waals surface area contributed by atoms with Crippen molar-refractivity contribution in [3.63, 3.8) is 0 Å². The maximum absolute atomic E-state index is 12.6. The van der Waals surface area contributed by atoms with Crippen LogP contribution in [0.3, 0.4) is 0 Å². The van der Waals surface area contributed by atoms with E-state index in [2.05, 4.69) is 5.32 Å². The average molecular weight is 338 g/mol. The second-order valence-electron chi connectivity index (χ2n) is 8.36. The van der Waals surface area contributed by atoms with Crippen molar-refractivity contribution in [3.05, 3.63) is 0 Å². The molecule has 2 N–H and O–H groups in total. The predicted octanol–water partition coefficient (Wildman–Crippen LogP) is 2.62. The monoisotopic (exact) mass is 338 g/mol. The molecule has 2 amide bonds. The zero-order valence-electron chi connectivity index (χ0n) is 15.6. The van der Waals surface area contributed by atoms with Crippen LogP contribution in [0.5, 0.6) is 0 Å². The Morgan fingerprint density at radius 2 is 1.71 bits per heavy atom. The van der Waals surface area contributed by atoms with Gasteiger partial charge in [-0.25, -0.2) is 0 Å². The molecule has 1 heterocycles. The summed E-state index contributed by atoms with van der Waals surface area (Å²) in [6.45, 7) is 4.47. The Labute approximate surface area is 146 Å². The molecule has 0 bridgehead atoms. The molecule has 24 heavy (non-hydrogen) atoms. The first kappa shape index (κ1) is 19.2. The highest BCUT2D eigenvalue weighted by Crippen LogP contribution is 2.34. The minimum Gasteiger partial charge on any atom is -0.390 e. The Morgan fingerprint density at radius 3 is 2.38 bits per heavy atom. The molecule has 1 aliphatic carbocycles. The van der Waals surface area contributed by atoms with Crippen molar-refractivity contribution in [2.45, 2.75) is 89.2 Å². The molecule has 1 saturated carbocycles. The van der Waals surface area contributed by atoms with E-state index in [1.807, 2.05) is 20.9 Å². The molecular formula is C19H34N2O3. The van der Waals surface area contributed by atoms with Gasteiger partial charge in [-0.15, -0.1) is 0 Å². The normalized spacial score (nSPS) is 33.3. The van der Waals surface area contributed by atoms with E-state index < -0.39 is 5.60 Å². The van der Waals surface area contributed by atoms with Gasteiger partial charge in [0.05, 0.1) is 5.60 Å². The number of nitrogens with zero attached hydrogens (tertiary/aromatic N) is 1. The lowest BCUT2D eigenvalue weighted by Crippen LogP contribution is -2.51. The summed E-state index contributed by atoms with van der Waals surface area (Å²) < 4.78 is 0. The molecule has 0 aromatic rings. The molecule has 2 fully saturated rings. The number of amides is 2. The van der Waals surface area contributed by atoms with E-state index in [1.165, 1.54) is 0 Å². The molecule has 0 radical (unpaired) electrons. The van der Waals surface area contributed by atoms with Crippen LogP contribution in [0.25, 0.3) is 0 Å². The van der Waals surface area contributed by atoms with Crippen LogP contribution in [-0.2, 0) is 9.59 Å². The lowest BCUT2D eigenvalue weighted by Gasteiger charge is -2.34. The van der Waals surface area contributed by atoms with E-state index in [-0.39, 0.29) is 23.3 Å². The maximum atomic E-state index is 12.6. The van der Waals surface area contributed by atoms with Gasteiger partial charge in [-0.05, 0) is 51.9 Å². The fourth-order valence-corrected chi connectivity index (χ4v) is 4.07. The highest BCUT2D eigenvalue weighted by atomic mass is 16.3. The SMILES string of the molecule is C[C@@H]1CCC[C@](C)(O)CCCN(C)C(=O)CC2(CCCC2)NC1=O. The van der Waals surface area contributed by atoms with Crippen LogP contribution in [0.15, 0.2) is 0 Å². The third kappa shape index (κ3) is 5.20. The molecule has 0 aromatic carbocycles. The van der Waals surface area contributed by atoms with Crippen molar-refractivity contribution >= 4 is 11.8 Å². The van der Waals surface area contributed by atoms with Crippen LogP contribution >= 0.6 is 0 Å². The van der Waals surface area contributed by atoms with Gasteiger partial charge in [0.15, 0.2) is 0 Å². The standard InChI is InChI=1S/C19H34N2O3/c1-15-8-6-9-18(2,24)10-7-13-21(3)16(22)14-19(20-17(15)23)11-4-5-12-19/h15,24H,4-14H2,1-3H3,(H,20,23)/t15-,18+/m1/s1. The van der Waals surface area contributed by atoms with Gasteiger partial charge in [0.2, 0.25) is 11.8 Å². The molecule has 0 unspecified atom stereocenters. The highest BCUT2D eigenvalue weighted by Gasteiger charge is 2.39. The average Bonchev–Trinajstić information content (AvgIpc) is 2.93. The molecule has 2 aliphatic rings. The third-order valence-electron chi connectivity index (χ3n) is 5.87. The van der Waals surface area contributed by atoms with Crippen molar-refractivity contribution in [1.29, 1.82) is 0 Å². The summed E-state index contributed by atoms with van der Waals surface area (Å²) >= 11 is 0. The van der Waals surface area contributed by atoms with Crippen molar-refractivity contribution in [2.75, 3.05) is 13.6 Å². The van der Waals surface area contributed by atoms with Crippen molar-refractivity contribution in [3.8, 4) is 0 Å². The van der Waals surface area contributed by atoms with Crippen LogP contribution < -0.4 is 5.32 Å². The molecule has 2 rings (SSSR count). The summed E-state index contributed by atoms with van der Waals surface area (Å²) in [5.74, 6) is 0.0830. The molecule has 1 spiro atoms. The van der Waals surface area contributed by atoms with Gasteiger partial charge in [0.1, 0.15) is 0 Å². The van der Waals surface area contributed by atoms with E-state index in [0.29, 0.717) is 25.8 Å². The van der Waals surface area contributed by atoms with Crippen LogP contribution in [-0.4, -0.2) is 46.6 Å². The van der Waals surface area contributed by atoms with Gasteiger partial charge < -0.3 is 15.3 Å². The number of hydrogen-bond donors (Lipinski definition) is 2. The molecule has 1 aliphatic heterocycles. The number of aliphatic hydroxyl groups is 1. The molecule has 5 nitrogen and oxygen atoms in total. The van der Waals surface area contributed by atoms with E-state index in [9.17, 15) is 14.7 Å². The van der Waals surface area contributed by atoms with Crippen LogP contribution in [0.1, 0.15) is 78.1 Å². The second-order valence-corrected chi connectivity index (χ2v) is 8.36. The van der Waals surface area contributed by atoms with Gasteiger partial charge >= 0.3 is 0 Å². The molecular weight excluding hydrogens is 304 g/mol. The van der Waals surface area contributed by atoms with Crippen molar-refractivity contribution < 1.29 is 14.7 Å². The Hall–Kier alpha value is -1.10. The van der Waals surface area contributed by atoms with E-state index >= 15 is 0 Å². The Kier molecular flexibility index (Phi) is 6.29. The van der Waals surface area contributed by atoms with Gasteiger partial charge in [-0.1, -0.05) is 19.8 Å². The summed E-state index contributed by atoms with van der Waals surface area (Å²) in [5.41, 5.74) is -1.05. The van der Waals surface area contributed by atoms with Gasteiger partial charge in [-0.3, -0.25) is 9.59 Å². The third-order valence-corrected chi connectivity index (χ3v) is 5.87. The Morgan fingerprint density at radius 1 is 1.08 bits per heavy atom. The highest BCUT2D eigenvalue weighted by molar-refractivity contribution is 5.82. The predicted molar refractivity (Wildman–Crippen MR) is 94.5 cm³/mol. The molecule has 5 heteroatoms. The minimum atomic E-state index is -0.711. The first-order valence-electron chi connectivity index (χ1n) is 9.51. The number of nitrogens with one attached hydrogen (secondary N) is 1. The number of hydrogen-bond acceptors (Lipinski definition) is 3. The lowest BCUT2D eigenvalue weighted by atomic mass is 9.88. The minimum absolute atomic E-state index is 0.0593. The molecule has 1 saturated heterocycles. The molecule has 2 atom stereocenters. The van der Waals surface area contributed by atoms with Crippen LogP contribution in [0.4, 0.5) is 0 Å². The molecule has 0 aromatic heterocycles. The summed E-state index contributed by atoms with van der Waals surface area (Å²) in [7, 11) is 1.83. The topological polar surface area (TPSA) is 69.6 Å². The smallest absolute Gasteiger partial charge is 0.224 e. The largest absolute Gasteiger partial charge is 0.390 e. The van der Waals surface area contributed by atoms with Gasteiger partial charge in [-0.2, -0.15) is 0 Å². The summed E-state index contributed by atoms with van der Waals surface area (Å²) in [6, 6.07) is 0. The fraction of sp³-hybridized carbons (Fsp3) is 0.895. The molecule has 138 valence electrons. The van der Waals surface area contributed by atoms with Crippen molar-refractivity contribution in [2.24, 2.45) is 5.92 Å². The van der Waals surface area contributed by atoms with Crippen LogP contribution in [0, 0.1) is 5.92 Å². The van der Waals surface area contributed by atoms with E-state index in [0.717, 1.165) is 44.9 Å². The number of carbonyl (C=O) groups excluding carboxylic acids is 2. The maximum Gasteiger partial charge on any atom is 0.224 e. The first-order chi connectivity index (χ1) is 11.2. The van der Waals surface area contributed by atoms with E-state index in [1.54, 1.807) is 4.90 Å². The summed E-state index contributed by atoms with van der Waals surface area (Å²) in [4.78, 5) is 27.0. The zero-order valence-corrected chi connectivity index (χ0v) is 15.6. The Balaban J connectivity index is 2.12. The summed E-state index contributed by atoms with van der Waals surface area (Å²) in [5, 5.41) is 13.7. The number of rotatable bonds is 0. The zero-order chi connectivity index (χ0) is 17.8.